The predicted molar refractivity (Wildman–Crippen MR) is 51.8 cm³/mol. The molecule has 0 saturated carbocycles. The second kappa shape index (κ2) is 3.67. The second-order valence-corrected chi connectivity index (χ2v) is 3.10. The summed E-state index contributed by atoms with van der Waals surface area (Å²) in [5, 5.41) is -0.0806. The van der Waals surface area contributed by atoms with Crippen molar-refractivity contribution in [2.75, 3.05) is 5.73 Å². The standard InChI is InChI=1S/C7H9ClN4O2/c1-3(6(10)13)12-2-11-5(8)4(9)7(12)14/h2-3H,9H2,1H3,(H2,10,13). The lowest BCUT2D eigenvalue weighted by Crippen LogP contribution is -2.33. The van der Waals surface area contributed by atoms with E-state index in [-0.39, 0.29) is 10.8 Å². The van der Waals surface area contributed by atoms with Crippen LogP contribution in [0.3, 0.4) is 0 Å². The maximum absolute atomic E-state index is 11.4. The van der Waals surface area contributed by atoms with E-state index in [4.69, 9.17) is 23.1 Å². The minimum Gasteiger partial charge on any atom is -0.392 e. The maximum Gasteiger partial charge on any atom is 0.278 e. The van der Waals surface area contributed by atoms with Gasteiger partial charge in [-0.05, 0) is 6.92 Å². The molecular weight excluding hydrogens is 208 g/mol. The van der Waals surface area contributed by atoms with Crippen molar-refractivity contribution < 1.29 is 4.79 Å². The molecule has 0 aliphatic carbocycles. The van der Waals surface area contributed by atoms with Gasteiger partial charge in [0.25, 0.3) is 5.56 Å². The van der Waals surface area contributed by atoms with Crippen molar-refractivity contribution in [2.24, 2.45) is 5.73 Å². The highest BCUT2D eigenvalue weighted by Gasteiger charge is 2.15. The quantitative estimate of drug-likeness (QED) is 0.652. The van der Waals surface area contributed by atoms with Gasteiger partial charge in [-0.1, -0.05) is 11.6 Å². The van der Waals surface area contributed by atoms with Gasteiger partial charge in [0.15, 0.2) is 5.15 Å². The number of nitrogens with two attached hydrogens (primary N) is 2. The number of carbonyl (C=O) groups excluding carboxylic acids is 1. The Labute approximate surface area is 84.5 Å². The number of nitrogens with zero attached hydrogens (tertiary/aromatic N) is 2. The minimum absolute atomic E-state index is 0.0806. The fourth-order valence-corrected chi connectivity index (χ4v) is 1.000. The summed E-state index contributed by atoms with van der Waals surface area (Å²) in [6.45, 7) is 1.47. The Kier molecular flexibility index (Phi) is 2.76. The van der Waals surface area contributed by atoms with Crippen LogP contribution >= 0.6 is 11.6 Å². The van der Waals surface area contributed by atoms with Crippen molar-refractivity contribution in [3.05, 3.63) is 21.8 Å². The lowest BCUT2D eigenvalue weighted by atomic mass is 10.3. The van der Waals surface area contributed by atoms with Crippen molar-refractivity contribution in [3.63, 3.8) is 0 Å². The van der Waals surface area contributed by atoms with Gasteiger partial charge < -0.3 is 11.5 Å². The van der Waals surface area contributed by atoms with Crippen LogP contribution < -0.4 is 17.0 Å². The molecule has 0 saturated heterocycles. The van der Waals surface area contributed by atoms with Gasteiger partial charge in [-0.2, -0.15) is 0 Å². The average molecular weight is 217 g/mol. The summed E-state index contributed by atoms with van der Waals surface area (Å²) < 4.78 is 1.03. The molecule has 1 rings (SSSR count). The number of carbonyl (C=O) groups is 1. The molecule has 4 N–H and O–H groups in total. The zero-order valence-electron chi connectivity index (χ0n) is 7.40. The SMILES string of the molecule is CC(C(N)=O)n1cnc(Cl)c(N)c1=O. The summed E-state index contributed by atoms with van der Waals surface area (Å²) in [6, 6.07) is -0.797. The number of anilines is 1. The van der Waals surface area contributed by atoms with Crippen LogP contribution in [0.15, 0.2) is 11.1 Å². The van der Waals surface area contributed by atoms with Crippen LogP contribution in [0.5, 0.6) is 0 Å². The molecule has 0 radical (unpaired) electrons. The average Bonchev–Trinajstić information content (AvgIpc) is 2.13. The Morgan fingerprint density at radius 1 is 1.71 bits per heavy atom. The van der Waals surface area contributed by atoms with E-state index in [1.54, 1.807) is 0 Å². The van der Waals surface area contributed by atoms with E-state index in [0.717, 1.165) is 10.9 Å². The zero-order valence-corrected chi connectivity index (χ0v) is 8.15. The molecule has 0 aliphatic rings. The number of aromatic nitrogens is 2. The monoisotopic (exact) mass is 216 g/mol. The molecule has 1 aromatic rings. The highest BCUT2D eigenvalue weighted by atomic mass is 35.5. The summed E-state index contributed by atoms with van der Waals surface area (Å²) in [4.78, 5) is 25.9. The Morgan fingerprint density at radius 2 is 2.29 bits per heavy atom. The van der Waals surface area contributed by atoms with Gasteiger partial charge in [0.1, 0.15) is 18.1 Å². The molecule has 7 heteroatoms. The largest absolute Gasteiger partial charge is 0.392 e. The summed E-state index contributed by atoms with van der Waals surface area (Å²) in [6.07, 6.45) is 1.14. The predicted octanol–water partition coefficient (Wildman–Crippen LogP) is -0.475. The number of hydrogen-bond acceptors (Lipinski definition) is 4. The van der Waals surface area contributed by atoms with E-state index in [1.807, 2.05) is 0 Å². The van der Waals surface area contributed by atoms with Crippen LogP contribution in [-0.2, 0) is 4.79 Å². The van der Waals surface area contributed by atoms with Gasteiger partial charge in [0.05, 0.1) is 0 Å². The van der Waals surface area contributed by atoms with Crippen molar-refractivity contribution in [3.8, 4) is 0 Å². The summed E-state index contributed by atoms with van der Waals surface area (Å²) >= 11 is 5.50. The van der Waals surface area contributed by atoms with E-state index in [1.165, 1.54) is 6.92 Å². The Balaban J connectivity index is 3.32. The third-order valence-electron chi connectivity index (χ3n) is 1.81. The van der Waals surface area contributed by atoms with Crippen molar-refractivity contribution in [2.45, 2.75) is 13.0 Å². The molecule has 1 heterocycles. The lowest BCUT2D eigenvalue weighted by molar-refractivity contribution is -0.120. The van der Waals surface area contributed by atoms with Crippen LogP contribution in [-0.4, -0.2) is 15.5 Å². The lowest BCUT2D eigenvalue weighted by Gasteiger charge is -2.11. The Morgan fingerprint density at radius 3 is 2.79 bits per heavy atom. The number of nitrogen functional groups attached to an aromatic ring is 1. The molecule has 1 aromatic heterocycles. The zero-order chi connectivity index (χ0) is 10.9. The third-order valence-corrected chi connectivity index (χ3v) is 2.11. The van der Waals surface area contributed by atoms with E-state index in [0.29, 0.717) is 0 Å². The van der Waals surface area contributed by atoms with E-state index < -0.39 is 17.5 Å². The van der Waals surface area contributed by atoms with Crippen molar-refractivity contribution in [1.29, 1.82) is 0 Å². The number of halogens is 1. The molecule has 0 bridgehead atoms. The molecule has 14 heavy (non-hydrogen) atoms. The van der Waals surface area contributed by atoms with Gasteiger partial charge in [0, 0.05) is 0 Å². The first kappa shape index (κ1) is 10.5. The first-order chi connectivity index (χ1) is 6.45. The molecule has 1 unspecified atom stereocenters. The van der Waals surface area contributed by atoms with Gasteiger partial charge in [-0.15, -0.1) is 0 Å². The molecule has 1 atom stereocenters. The molecule has 6 nitrogen and oxygen atoms in total. The molecule has 1 amide bonds. The normalized spacial score (nSPS) is 12.4. The van der Waals surface area contributed by atoms with Crippen LogP contribution in [0, 0.1) is 0 Å². The molecule has 0 spiro atoms. The Hall–Kier alpha value is -1.56. The van der Waals surface area contributed by atoms with Crippen molar-refractivity contribution >= 4 is 23.2 Å². The number of rotatable bonds is 2. The minimum atomic E-state index is -0.797. The smallest absolute Gasteiger partial charge is 0.278 e. The molecule has 0 aliphatic heterocycles. The van der Waals surface area contributed by atoms with Crippen molar-refractivity contribution in [1.82, 2.24) is 9.55 Å². The highest BCUT2D eigenvalue weighted by molar-refractivity contribution is 6.31. The summed E-state index contributed by atoms with van der Waals surface area (Å²) in [5.41, 5.74) is 9.60. The molecule has 76 valence electrons. The van der Waals surface area contributed by atoms with Gasteiger partial charge >= 0.3 is 0 Å². The van der Waals surface area contributed by atoms with E-state index >= 15 is 0 Å². The third kappa shape index (κ3) is 1.69. The fraction of sp³-hybridized carbons (Fsp3) is 0.286. The van der Waals surface area contributed by atoms with Crippen LogP contribution in [0.1, 0.15) is 13.0 Å². The summed E-state index contributed by atoms with van der Waals surface area (Å²) in [7, 11) is 0. The van der Waals surface area contributed by atoms with Gasteiger partial charge in [-0.3, -0.25) is 14.2 Å². The van der Waals surface area contributed by atoms with Gasteiger partial charge in [0.2, 0.25) is 5.91 Å². The number of hydrogen-bond donors (Lipinski definition) is 2. The highest BCUT2D eigenvalue weighted by Crippen LogP contribution is 2.10. The first-order valence-electron chi connectivity index (χ1n) is 3.76. The van der Waals surface area contributed by atoms with Crippen LogP contribution in [0.4, 0.5) is 5.69 Å². The maximum atomic E-state index is 11.4. The molecule has 0 aromatic carbocycles. The van der Waals surface area contributed by atoms with E-state index in [2.05, 4.69) is 4.98 Å². The second-order valence-electron chi connectivity index (χ2n) is 2.74. The molecular formula is C7H9ClN4O2. The Bertz CT molecular complexity index is 428. The first-order valence-corrected chi connectivity index (χ1v) is 4.14. The fourth-order valence-electron chi connectivity index (χ4n) is 0.875. The number of amides is 1. The summed E-state index contributed by atoms with van der Waals surface area (Å²) in [5.74, 6) is -0.643. The van der Waals surface area contributed by atoms with E-state index in [9.17, 15) is 9.59 Å². The van der Waals surface area contributed by atoms with Gasteiger partial charge in [-0.25, -0.2) is 4.98 Å². The van der Waals surface area contributed by atoms with Crippen LogP contribution in [0.25, 0.3) is 0 Å². The molecule has 0 fully saturated rings. The number of primary amides is 1. The van der Waals surface area contributed by atoms with Crippen LogP contribution in [0.2, 0.25) is 5.15 Å². The topological polar surface area (TPSA) is 104 Å².